The Balaban J connectivity index is 3.20. The fourth-order valence-corrected chi connectivity index (χ4v) is 11.1. The van der Waals surface area contributed by atoms with Crippen molar-refractivity contribution in [1.29, 1.82) is 0 Å². The van der Waals surface area contributed by atoms with Crippen LogP contribution in [0.5, 0.6) is 0 Å². The van der Waals surface area contributed by atoms with E-state index in [0.29, 0.717) is 0 Å². The topological polar surface area (TPSA) is 0 Å². The lowest BCUT2D eigenvalue weighted by atomic mass is 10.5. The first-order chi connectivity index (χ1) is 5.36. The van der Waals surface area contributed by atoms with Crippen molar-refractivity contribution in [3.8, 4) is 0 Å². The monoisotopic (exact) mass is 853 g/mol. The van der Waals surface area contributed by atoms with Crippen LogP contribution in [0.25, 0.3) is 0 Å². The summed E-state index contributed by atoms with van der Waals surface area (Å²) in [4.78, 5) is 0. The van der Waals surface area contributed by atoms with Gasteiger partial charge in [0.15, 0.2) is 0.760 Å². The maximum absolute atomic E-state index is 2.49. The van der Waals surface area contributed by atoms with Crippen LogP contribution in [-0.4, -0.2) is 0.760 Å². The van der Waals surface area contributed by atoms with Crippen molar-refractivity contribution < 1.29 is 0 Å². The second-order valence-corrected chi connectivity index (χ2v) is 14.9. The van der Waals surface area contributed by atoms with Gasteiger partial charge in [0.1, 0.15) is 0 Å². The number of hydrogen-bond donors (Lipinski definition) is 0. The Labute approximate surface area is 158 Å². The molecule has 1 aliphatic heterocycles. The molecule has 0 saturated carbocycles. The summed E-state index contributed by atoms with van der Waals surface area (Å²) in [5, 5.41) is 0. The first-order valence-corrected chi connectivity index (χ1v) is 9.83. The molecular weight excluding hydrogens is 854 g/mol. The highest BCUT2D eigenvalue weighted by Crippen LogP contribution is 2.61. The Morgan fingerprint density at radius 3 is 1.92 bits per heavy atom. The van der Waals surface area contributed by atoms with E-state index >= 15 is 0 Å². The lowest BCUT2D eigenvalue weighted by molar-refractivity contribution is 1.62. The molecule has 1 heterocycles. The molecule has 68 valence electrons. The molecule has 7 heteroatoms. The molecule has 0 nitrogen and oxygen atoms in total. The minimum atomic E-state index is 0.206. The second kappa shape index (κ2) is 5.70. The van der Waals surface area contributed by atoms with E-state index in [1.54, 1.807) is 0 Å². The van der Waals surface area contributed by atoms with Crippen molar-refractivity contribution in [2.24, 2.45) is 0 Å². The van der Waals surface area contributed by atoms with Gasteiger partial charge < -0.3 is 0 Å². The number of thioether (sulfide) groups is 1. The van der Waals surface area contributed by atoms with Crippen molar-refractivity contribution in [2.45, 2.75) is 0.760 Å². The third kappa shape index (κ3) is 3.35. The average molecular weight is 854 g/mol. The van der Waals surface area contributed by atoms with Gasteiger partial charge in [-0.05, 0) is 136 Å². The molecule has 1 rings (SSSR count). The molecule has 0 bridgehead atoms. The Bertz CT molecular complexity index is 278. The average Bonchev–Trinajstić information content (AvgIpc) is 1.97. The maximum atomic E-state index is 2.49. The van der Waals surface area contributed by atoms with E-state index in [2.05, 4.69) is 136 Å². The molecule has 0 aromatic heterocycles. The molecule has 0 aliphatic carbocycles. The third-order valence-electron chi connectivity index (χ3n) is 1.03. The summed E-state index contributed by atoms with van der Waals surface area (Å²) >= 11 is 16.6. The Kier molecular flexibility index (Phi) is 6.78. The van der Waals surface area contributed by atoms with Crippen molar-refractivity contribution in [1.82, 2.24) is 0 Å². The summed E-state index contributed by atoms with van der Waals surface area (Å²) in [5.74, 6) is 0. The van der Waals surface area contributed by atoms with Gasteiger partial charge in [-0.1, -0.05) is 11.8 Å². The zero-order valence-corrected chi connectivity index (χ0v) is 18.9. The molecule has 0 aromatic carbocycles. The van der Waals surface area contributed by atoms with Crippen LogP contribution in [0.3, 0.4) is 0 Å². The quantitative estimate of drug-likeness (QED) is 0.202. The number of allylic oxidation sites excluding steroid dienone is 2. The van der Waals surface area contributed by atoms with E-state index in [0.717, 1.165) is 0 Å². The first-order valence-electron chi connectivity index (χ1n) is 2.54. The standard InChI is InChI=1S/C5I6S/c6-1-2(7)4(9)12-5(10,11)3(1)8. The fraction of sp³-hybridized carbons (Fsp3) is 0.200. The predicted molar refractivity (Wildman–Crippen MR) is 108 cm³/mol. The zero-order chi connectivity index (χ0) is 9.52. The van der Waals surface area contributed by atoms with E-state index in [1.807, 2.05) is 11.8 Å². The van der Waals surface area contributed by atoms with Crippen LogP contribution in [0.2, 0.25) is 0 Å². The van der Waals surface area contributed by atoms with Gasteiger partial charge in [0.25, 0.3) is 0 Å². The third-order valence-corrected chi connectivity index (χ3v) is 14.9. The lowest BCUT2D eigenvalue weighted by Gasteiger charge is -2.26. The summed E-state index contributed by atoms with van der Waals surface area (Å²) in [5.41, 5.74) is 0. The molecule has 0 radical (unpaired) electrons. The molecular formula is C5I6S. The molecule has 0 amide bonds. The van der Waals surface area contributed by atoms with Crippen LogP contribution in [0.1, 0.15) is 0 Å². The van der Waals surface area contributed by atoms with Crippen LogP contribution in [0.15, 0.2) is 13.7 Å². The van der Waals surface area contributed by atoms with Crippen LogP contribution in [0, 0.1) is 0 Å². The minimum Gasteiger partial charge on any atom is -0.0847 e. The zero-order valence-electron chi connectivity index (χ0n) is 5.18. The highest BCUT2D eigenvalue weighted by molar-refractivity contribution is 14.2. The van der Waals surface area contributed by atoms with Crippen LogP contribution < -0.4 is 0 Å². The Morgan fingerprint density at radius 2 is 1.42 bits per heavy atom. The van der Waals surface area contributed by atoms with E-state index in [4.69, 9.17) is 0 Å². The van der Waals surface area contributed by atoms with Crippen LogP contribution in [-0.2, 0) is 0 Å². The summed E-state index contributed by atoms with van der Waals surface area (Å²) in [6, 6.07) is 0. The molecule has 0 aromatic rings. The maximum Gasteiger partial charge on any atom is 0.155 e. The van der Waals surface area contributed by atoms with E-state index in [-0.39, 0.29) is 0.760 Å². The predicted octanol–water partition coefficient (Wildman–Crippen LogP) is 6.38. The van der Waals surface area contributed by atoms with Gasteiger partial charge >= 0.3 is 0 Å². The van der Waals surface area contributed by atoms with Gasteiger partial charge in [0.2, 0.25) is 0 Å². The van der Waals surface area contributed by atoms with Crippen molar-refractivity contribution in [3.05, 3.63) is 13.7 Å². The van der Waals surface area contributed by atoms with E-state index in [9.17, 15) is 0 Å². The number of rotatable bonds is 0. The molecule has 0 fully saturated rings. The van der Waals surface area contributed by atoms with Crippen LogP contribution in [0.4, 0.5) is 0 Å². The molecule has 0 unspecified atom stereocenters. The Morgan fingerprint density at radius 1 is 0.917 bits per heavy atom. The molecule has 1 aliphatic rings. The summed E-state index contributed by atoms with van der Waals surface area (Å²) in [6.45, 7) is 0. The normalized spacial score (nSPS) is 23.5. The summed E-state index contributed by atoms with van der Waals surface area (Å²) in [6.07, 6.45) is 0. The van der Waals surface area contributed by atoms with E-state index < -0.39 is 0 Å². The highest BCUT2D eigenvalue weighted by atomic mass is 127. The van der Waals surface area contributed by atoms with Gasteiger partial charge in [-0.15, -0.1) is 0 Å². The second-order valence-electron chi connectivity index (χ2n) is 1.83. The van der Waals surface area contributed by atoms with Gasteiger partial charge in [-0.3, -0.25) is 0 Å². The smallest absolute Gasteiger partial charge is 0.0847 e. The molecule has 0 spiro atoms. The molecule has 0 atom stereocenters. The van der Waals surface area contributed by atoms with Gasteiger partial charge in [-0.2, -0.15) is 0 Å². The number of halogens is 6. The van der Waals surface area contributed by atoms with Crippen molar-refractivity contribution in [2.75, 3.05) is 0 Å². The van der Waals surface area contributed by atoms with Gasteiger partial charge in [-0.25, -0.2) is 0 Å². The van der Waals surface area contributed by atoms with Crippen molar-refractivity contribution in [3.63, 3.8) is 0 Å². The van der Waals surface area contributed by atoms with Crippen molar-refractivity contribution >= 4 is 147 Å². The molecule has 0 N–H and O–H groups in total. The van der Waals surface area contributed by atoms with Gasteiger partial charge in [0, 0.05) is 10.7 Å². The molecule has 12 heavy (non-hydrogen) atoms. The highest BCUT2D eigenvalue weighted by Gasteiger charge is 2.35. The van der Waals surface area contributed by atoms with Gasteiger partial charge in [0.05, 0.1) is 2.91 Å². The SMILES string of the molecule is IC1=C(I)C(I)=C(I)C(I)(I)S1. The molecule has 0 saturated heterocycles. The minimum absolute atomic E-state index is 0.206. The number of hydrogen-bond acceptors (Lipinski definition) is 1. The number of alkyl halides is 2. The van der Waals surface area contributed by atoms with E-state index in [1.165, 1.54) is 13.7 Å². The first kappa shape index (κ1) is 14.3. The lowest BCUT2D eigenvalue weighted by Crippen LogP contribution is -2.09. The van der Waals surface area contributed by atoms with Crippen LogP contribution >= 0.6 is 147 Å². The largest absolute Gasteiger partial charge is 0.155 e. The summed E-state index contributed by atoms with van der Waals surface area (Å²) in [7, 11) is 0. The Hall–Kier alpha value is 4.21. The fourth-order valence-electron chi connectivity index (χ4n) is 0.513. The summed E-state index contributed by atoms with van der Waals surface area (Å²) < 4.78 is 5.85.